The van der Waals surface area contributed by atoms with Gasteiger partial charge in [0.25, 0.3) is 0 Å². The molecule has 0 radical (unpaired) electrons. The van der Waals surface area contributed by atoms with Crippen LogP contribution in [0.25, 0.3) is 0 Å². The molecule has 2 rings (SSSR count). The minimum absolute atomic E-state index is 0.00265. The Labute approximate surface area is 189 Å². The molecule has 8 heteroatoms. The molecule has 0 saturated carbocycles. The summed E-state index contributed by atoms with van der Waals surface area (Å²) in [6.45, 7) is 6.06. The van der Waals surface area contributed by atoms with Crippen molar-refractivity contribution in [3.8, 4) is 23.0 Å². The molecule has 0 spiro atoms. The molecule has 0 aromatic heterocycles. The van der Waals surface area contributed by atoms with Crippen molar-refractivity contribution in [2.24, 2.45) is 0 Å². The van der Waals surface area contributed by atoms with Crippen LogP contribution in [0.2, 0.25) is 0 Å². The van der Waals surface area contributed by atoms with Gasteiger partial charge in [-0.3, -0.25) is 9.59 Å². The second-order valence-electron chi connectivity index (χ2n) is 6.96. The molecule has 174 valence electrons. The lowest BCUT2D eigenvalue weighted by molar-refractivity contribution is 0.103. The van der Waals surface area contributed by atoms with Gasteiger partial charge in [0.05, 0.1) is 27.4 Å². The highest BCUT2D eigenvalue weighted by molar-refractivity contribution is 7.95. The Morgan fingerprint density at radius 1 is 0.750 bits per heavy atom. The van der Waals surface area contributed by atoms with Gasteiger partial charge in [0.1, 0.15) is 34.1 Å². The average Bonchev–Trinajstić information content (AvgIpc) is 2.81. The molecule has 1 atom stereocenters. The molecule has 0 fully saturated rings. The predicted molar refractivity (Wildman–Crippen MR) is 124 cm³/mol. The summed E-state index contributed by atoms with van der Waals surface area (Å²) in [5.41, 5.74) is -1.55. The maximum absolute atomic E-state index is 14.3. The summed E-state index contributed by atoms with van der Waals surface area (Å²) in [7, 11) is -1.33. The first-order valence-corrected chi connectivity index (χ1v) is 12.6. The van der Waals surface area contributed by atoms with E-state index < -0.39 is 18.2 Å². The lowest BCUT2D eigenvalue weighted by atomic mass is 10.2. The second kappa shape index (κ2) is 11.7. The van der Waals surface area contributed by atoms with Crippen molar-refractivity contribution in [3.05, 3.63) is 47.5 Å². The zero-order valence-electron chi connectivity index (χ0n) is 19.3. The molecule has 0 N–H and O–H groups in total. The molecule has 2 aromatic rings. The SMILES string of the molecule is CCCCP(=O)(C(=O)c1c(OC)cccc1OC)C(=O)c1c(OCC)cccc1OCC. The highest BCUT2D eigenvalue weighted by Gasteiger charge is 2.45. The number of benzene rings is 2. The molecule has 0 aliphatic rings. The number of hydrogen-bond donors (Lipinski definition) is 0. The van der Waals surface area contributed by atoms with E-state index in [1.807, 2.05) is 6.92 Å². The molecule has 32 heavy (non-hydrogen) atoms. The van der Waals surface area contributed by atoms with Gasteiger partial charge >= 0.3 is 0 Å². The number of methoxy groups -OCH3 is 2. The Kier molecular flexibility index (Phi) is 9.33. The monoisotopic (exact) mass is 462 g/mol. The minimum Gasteiger partial charge on any atom is -0.496 e. The van der Waals surface area contributed by atoms with Crippen molar-refractivity contribution in [1.82, 2.24) is 0 Å². The van der Waals surface area contributed by atoms with E-state index >= 15 is 0 Å². The van der Waals surface area contributed by atoms with Crippen LogP contribution in [0.15, 0.2) is 36.4 Å². The fourth-order valence-electron chi connectivity index (χ4n) is 3.37. The van der Waals surface area contributed by atoms with E-state index in [4.69, 9.17) is 18.9 Å². The predicted octanol–water partition coefficient (Wildman–Crippen LogP) is 5.65. The maximum Gasteiger partial charge on any atom is 0.236 e. The molecular formula is C24H31O7P. The summed E-state index contributed by atoms with van der Waals surface area (Å²) in [6.07, 6.45) is 1.03. The third-order valence-electron chi connectivity index (χ3n) is 4.93. The maximum atomic E-state index is 14.3. The van der Waals surface area contributed by atoms with Crippen LogP contribution in [0, 0.1) is 0 Å². The quantitative estimate of drug-likeness (QED) is 0.356. The van der Waals surface area contributed by atoms with Crippen LogP contribution in [0.3, 0.4) is 0 Å². The molecule has 0 amide bonds. The molecule has 0 aliphatic heterocycles. The minimum atomic E-state index is -4.14. The molecule has 1 unspecified atom stereocenters. The van der Waals surface area contributed by atoms with Crippen LogP contribution in [-0.2, 0) is 4.57 Å². The lowest BCUT2D eigenvalue weighted by Gasteiger charge is -2.21. The molecular weight excluding hydrogens is 431 g/mol. The third kappa shape index (κ3) is 5.16. The summed E-state index contributed by atoms with van der Waals surface area (Å²) in [4.78, 5) is 27.6. The van der Waals surface area contributed by atoms with E-state index in [2.05, 4.69) is 0 Å². The van der Waals surface area contributed by atoms with Gasteiger partial charge in [-0.1, -0.05) is 25.5 Å². The first-order valence-electron chi connectivity index (χ1n) is 10.7. The van der Waals surface area contributed by atoms with Crippen molar-refractivity contribution in [1.29, 1.82) is 0 Å². The molecule has 0 aliphatic carbocycles. The second-order valence-corrected chi connectivity index (χ2v) is 9.70. The summed E-state index contributed by atoms with van der Waals surface area (Å²) in [5, 5.41) is 0. The summed E-state index contributed by atoms with van der Waals surface area (Å²) in [5.74, 6) is 0.865. The van der Waals surface area contributed by atoms with E-state index in [-0.39, 0.29) is 40.3 Å². The van der Waals surface area contributed by atoms with Crippen molar-refractivity contribution in [3.63, 3.8) is 0 Å². The van der Waals surface area contributed by atoms with Gasteiger partial charge in [-0.15, -0.1) is 0 Å². The lowest BCUT2D eigenvalue weighted by Crippen LogP contribution is -2.17. The molecule has 0 saturated heterocycles. The summed E-state index contributed by atoms with van der Waals surface area (Å²) in [6, 6.07) is 9.71. The van der Waals surface area contributed by atoms with Crippen LogP contribution in [0.4, 0.5) is 0 Å². The van der Waals surface area contributed by atoms with Gasteiger partial charge in [0, 0.05) is 6.16 Å². The van der Waals surface area contributed by atoms with E-state index in [9.17, 15) is 14.2 Å². The van der Waals surface area contributed by atoms with Gasteiger partial charge in [0.15, 0.2) is 0 Å². The van der Waals surface area contributed by atoms with Gasteiger partial charge in [0.2, 0.25) is 18.2 Å². The van der Waals surface area contributed by atoms with E-state index in [1.54, 1.807) is 50.2 Å². The number of hydrogen-bond acceptors (Lipinski definition) is 7. The fourth-order valence-corrected chi connectivity index (χ4v) is 5.89. The fraction of sp³-hybridized carbons (Fsp3) is 0.417. The number of carbonyl (C=O) groups excluding carboxylic acids is 2. The highest BCUT2D eigenvalue weighted by atomic mass is 31.2. The Morgan fingerprint density at radius 3 is 1.53 bits per heavy atom. The standard InChI is InChI=1S/C24H31O7P/c1-6-9-16-32(27,23(25)21-17(28-4)12-10-13-18(21)29-5)24(26)22-19(30-7-2)14-11-15-20(22)31-8-3/h10-15H,6-9,16H2,1-5H3. The van der Waals surface area contributed by atoms with Crippen LogP contribution in [-0.4, -0.2) is 44.6 Å². The molecule has 2 aromatic carbocycles. The third-order valence-corrected chi connectivity index (χ3v) is 7.63. The van der Waals surface area contributed by atoms with Crippen LogP contribution in [0.1, 0.15) is 54.3 Å². The average molecular weight is 462 g/mol. The highest BCUT2D eigenvalue weighted by Crippen LogP contribution is 2.57. The van der Waals surface area contributed by atoms with Crippen molar-refractivity contribution in [2.75, 3.05) is 33.6 Å². The van der Waals surface area contributed by atoms with Gasteiger partial charge < -0.3 is 23.5 Å². The van der Waals surface area contributed by atoms with Crippen molar-refractivity contribution >= 4 is 18.2 Å². The first kappa shape index (κ1) is 25.5. The van der Waals surface area contributed by atoms with Crippen LogP contribution < -0.4 is 18.9 Å². The van der Waals surface area contributed by atoms with Crippen molar-refractivity contribution in [2.45, 2.75) is 33.6 Å². The zero-order valence-corrected chi connectivity index (χ0v) is 20.2. The number of ether oxygens (including phenoxy) is 4. The first-order chi connectivity index (χ1) is 15.4. The normalized spacial score (nSPS) is 12.5. The Balaban J connectivity index is 2.74. The largest absolute Gasteiger partial charge is 0.496 e. The van der Waals surface area contributed by atoms with Crippen LogP contribution in [0.5, 0.6) is 23.0 Å². The van der Waals surface area contributed by atoms with Gasteiger partial charge in [-0.05, 0) is 44.5 Å². The summed E-state index contributed by atoms with van der Waals surface area (Å²) < 4.78 is 36.2. The Morgan fingerprint density at radius 2 is 1.16 bits per heavy atom. The van der Waals surface area contributed by atoms with Gasteiger partial charge in [-0.25, -0.2) is 0 Å². The molecule has 0 bridgehead atoms. The molecule has 0 heterocycles. The number of unbranched alkanes of at least 4 members (excludes halogenated alkanes) is 1. The summed E-state index contributed by atoms with van der Waals surface area (Å²) >= 11 is 0. The topological polar surface area (TPSA) is 88.1 Å². The van der Waals surface area contributed by atoms with E-state index in [1.165, 1.54) is 14.2 Å². The smallest absolute Gasteiger partial charge is 0.236 e. The zero-order chi connectivity index (χ0) is 23.7. The Hall–Kier alpha value is -2.79. The van der Waals surface area contributed by atoms with E-state index in [0.29, 0.717) is 26.1 Å². The number of rotatable bonds is 13. The van der Waals surface area contributed by atoms with E-state index in [0.717, 1.165) is 0 Å². The van der Waals surface area contributed by atoms with Gasteiger partial charge in [-0.2, -0.15) is 0 Å². The molecule has 7 nitrogen and oxygen atoms in total. The number of carbonyl (C=O) groups is 2. The van der Waals surface area contributed by atoms with Crippen LogP contribution >= 0.6 is 7.14 Å². The van der Waals surface area contributed by atoms with Crippen molar-refractivity contribution < 1.29 is 33.1 Å². The Bertz CT molecular complexity index is 953.